The number of hydrogen-bond acceptors (Lipinski definition) is 3. The number of ether oxygens (including phenoxy) is 1. The van der Waals surface area contributed by atoms with Gasteiger partial charge in [0.05, 0.1) is 9.40 Å². The van der Waals surface area contributed by atoms with Gasteiger partial charge in [-0.15, -0.1) is 0 Å². The molecule has 0 amide bonds. The summed E-state index contributed by atoms with van der Waals surface area (Å²) in [5.41, 5.74) is 4.21. The zero-order valence-electron chi connectivity index (χ0n) is 12.1. The first-order valence-corrected chi connectivity index (χ1v) is 7.31. The van der Waals surface area contributed by atoms with E-state index in [4.69, 9.17) is 4.74 Å². The normalized spacial score (nSPS) is 10.5. The zero-order chi connectivity index (χ0) is 15.6. The maximum Gasteiger partial charge on any atom is 0.283 e. The molecule has 0 spiro atoms. The Labute approximate surface area is 132 Å². The Morgan fingerprint density at radius 1 is 1.19 bits per heavy atom. The number of nitrogens with zero attached hydrogens (tertiary/aromatic N) is 1. The fourth-order valence-corrected chi connectivity index (χ4v) is 2.49. The van der Waals surface area contributed by atoms with E-state index >= 15 is 0 Å². The van der Waals surface area contributed by atoms with Gasteiger partial charge in [0, 0.05) is 6.07 Å². The van der Waals surface area contributed by atoms with Gasteiger partial charge in [-0.2, -0.15) is 0 Å². The Morgan fingerprint density at radius 2 is 1.90 bits per heavy atom. The molecule has 0 bridgehead atoms. The van der Waals surface area contributed by atoms with Crippen LogP contribution in [0.5, 0.6) is 5.75 Å². The van der Waals surface area contributed by atoms with Crippen LogP contribution in [0.25, 0.3) is 0 Å². The van der Waals surface area contributed by atoms with Crippen LogP contribution in [0.2, 0.25) is 0 Å². The van der Waals surface area contributed by atoms with Crippen molar-refractivity contribution in [2.75, 3.05) is 0 Å². The number of rotatable bonds is 4. The average molecular weight is 350 g/mol. The smallest absolute Gasteiger partial charge is 0.283 e. The molecular weight excluding hydrogens is 334 g/mol. The first kappa shape index (κ1) is 15.5. The van der Waals surface area contributed by atoms with Crippen molar-refractivity contribution >= 4 is 21.6 Å². The highest BCUT2D eigenvalue weighted by Gasteiger charge is 2.13. The molecule has 2 aromatic rings. The maximum atomic E-state index is 10.9. The molecule has 0 saturated carbocycles. The van der Waals surface area contributed by atoms with Crippen LogP contribution in [0.15, 0.2) is 34.8 Å². The minimum absolute atomic E-state index is 0.0493. The van der Waals surface area contributed by atoms with E-state index in [0.717, 1.165) is 22.4 Å². The van der Waals surface area contributed by atoms with E-state index in [2.05, 4.69) is 22.0 Å². The van der Waals surface area contributed by atoms with E-state index in [9.17, 15) is 10.1 Å². The lowest BCUT2D eigenvalue weighted by molar-refractivity contribution is -0.385. The number of aryl methyl sites for hydroxylation is 2. The molecule has 110 valence electrons. The minimum Gasteiger partial charge on any atom is -0.489 e. The van der Waals surface area contributed by atoms with Crippen LogP contribution in [0.1, 0.15) is 22.3 Å². The first-order chi connectivity index (χ1) is 9.88. The lowest BCUT2D eigenvalue weighted by atomic mass is 10.1. The van der Waals surface area contributed by atoms with Crippen LogP contribution in [-0.2, 0) is 6.61 Å². The summed E-state index contributed by atoms with van der Waals surface area (Å²) in [5.74, 6) is 0.818. The SMILES string of the molecule is Cc1cc(C)c(C)c(OCc2ccc(Br)c([N+](=O)[O-])c2)c1. The van der Waals surface area contributed by atoms with Crippen LogP contribution in [0, 0.1) is 30.9 Å². The number of nitro benzene ring substituents is 1. The number of hydrogen-bond donors (Lipinski definition) is 0. The summed E-state index contributed by atoms with van der Waals surface area (Å²) >= 11 is 3.18. The molecule has 0 aliphatic heterocycles. The van der Waals surface area contributed by atoms with Crippen LogP contribution >= 0.6 is 15.9 Å². The third-order valence-electron chi connectivity index (χ3n) is 3.37. The molecule has 4 nitrogen and oxygen atoms in total. The van der Waals surface area contributed by atoms with Crippen molar-refractivity contribution in [3.8, 4) is 5.75 Å². The highest BCUT2D eigenvalue weighted by Crippen LogP contribution is 2.27. The van der Waals surface area contributed by atoms with Gasteiger partial charge in [-0.1, -0.05) is 12.1 Å². The molecule has 0 fully saturated rings. The van der Waals surface area contributed by atoms with Crippen molar-refractivity contribution in [1.82, 2.24) is 0 Å². The topological polar surface area (TPSA) is 52.4 Å². The van der Waals surface area contributed by atoms with E-state index in [1.807, 2.05) is 32.9 Å². The predicted molar refractivity (Wildman–Crippen MR) is 85.8 cm³/mol. The summed E-state index contributed by atoms with van der Waals surface area (Å²) in [6.45, 7) is 6.37. The van der Waals surface area contributed by atoms with Gasteiger partial charge >= 0.3 is 0 Å². The summed E-state index contributed by atoms with van der Waals surface area (Å²) in [7, 11) is 0. The largest absolute Gasteiger partial charge is 0.489 e. The molecule has 0 heterocycles. The highest BCUT2D eigenvalue weighted by atomic mass is 79.9. The number of benzene rings is 2. The summed E-state index contributed by atoms with van der Waals surface area (Å²) in [5, 5.41) is 10.9. The lowest BCUT2D eigenvalue weighted by Gasteiger charge is -2.12. The van der Waals surface area contributed by atoms with Crippen LogP contribution < -0.4 is 4.74 Å². The quantitative estimate of drug-likeness (QED) is 0.584. The van der Waals surface area contributed by atoms with E-state index in [-0.39, 0.29) is 5.69 Å². The van der Waals surface area contributed by atoms with Gasteiger partial charge in [0.25, 0.3) is 5.69 Å². The van der Waals surface area contributed by atoms with Gasteiger partial charge in [0.2, 0.25) is 0 Å². The second-order valence-corrected chi connectivity index (χ2v) is 5.89. The number of halogens is 1. The highest BCUT2D eigenvalue weighted by molar-refractivity contribution is 9.10. The Morgan fingerprint density at radius 3 is 2.57 bits per heavy atom. The van der Waals surface area contributed by atoms with Crippen LogP contribution in [0.4, 0.5) is 5.69 Å². The van der Waals surface area contributed by atoms with Gasteiger partial charge < -0.3 is 4.74 Å². The van der Waals surface area contributed by atoms with Gasteiger partial charge in [-0.25, -0.2) is 0 Å². The van der Waals surface area contributed by atoms with E-state index in [1.54, 1.807) is 6.07 Å². The molecule has 2 aromatic carbocycles. The standard InChI is InChI=1S/C16H16BrNO3/c1-10-6-11(2)12(3)16(7-10)21-9-13-4-5-14(17)15(8-13)18(19)20/h4-8H,9H2,1-3H3. The Kier molecular flexibility index (Phi) is 4.63. The Hall–Kier alpha value is -1.88. The predicted octanol–water partition coefficient (Wildman–Crippen LogP) is 4.86. The fourth-order valence-electron chi connectivity index (χ4n) is 2.10. The Balaban J connectivity index is 2.21. The van der Waals surface area contributed by atoms with E-state index in [1.165, 1.54) is 11.6 Å². The molecule has 0 aromatic heterocycles. The second kappa shape index (κ2) is 6.26. The third-order valence-corrected chi connectivity index (χ3v) is 4.04. The third kappa shape index (κ3) is 3.61. The summed E-state index contributed by atoms with van der Waals surface area (Å²) in [6.07, 6.45) is 0. The van der Waals surface area contributed by atoms with Crippen LogP contribution in [-0.4, -0.2) is 4.92 Å². The summed E-state index contributed by atoms with van der Waals surface area (Å²) in [6, 6.07) is 9.10. The van der Waals surface area contributed by atoms with E-state index in [0.29, 0.717) is 11.1 Å². The van der Waals surface area contributed by atoms with Crippen molar-refractivity contribution in [1.29, 1.82) is 0 Å². The Bertz CT molecular complexity index is 698. The van der Waals surface area contributed by atoms with Crippen molar-refractivity contribution in [2.24, 2.45) is 0 Å². The molecule has 0 saturated heterocycles. The van der Waals surface area contributed by atoms with Crippen molar-refractivity contribution in [3.05, 3.63) is 67.2 Å². The van der Waals surface area contributed by atoms with Gasteiger partial charge in [0.15, 0.2) is 0 Å². The molecule has 0 N–H and O–H groups in total. The minimum atomic E-state index is -0.407. The summed E-state index contributed by atoms with van der Waals surface area (Å²) < 4.78 is 6.29. The van der Waals surface area contributed by atoms with Gasteiger partial charge in [-0.3, -0.25) is 10.1 Å². The van der Waals surface area contributed by atoms with Crippen molar-refractivity contribution in [3.63, 3.8) is 0 Å². The average Bonchev–Trinajstić information content (AvgIpc) is 2.42. The van der Waals surface area contributed by atoms with Crippen molar-refractivity contribution in [2.45, 2.75) is 27.4 Å². The molecule has 0 aliphatic carbocycles. The fraction of sp³-hybridized carbons (Fsp3) is 0.250. The van der Waals surface area contributed by atoms with E-state index < -0.39 is 4.92 Å². The zero-order valence-corrected chi connectivity index (χ0v) is 13.7. The molecule has 2 rings (SSSR count). The van der Waals surface area contributed by atoms with Crippen molar-refractivity contribution < 1.29 is 9.66 Å². The van der Waals surface area contributed by atoms with Crippen LogP contribution in [0.3, 0.4) is 0 Å². The summed E-state index contributed by atoms with van der Waals surface area (Å²) in [4.78, 5) is 10.5. The molecule has 5 heteroatoms. The number of nitro groups is 1. The monoisotopic (exact) mass is 349 g/mol. The molecule has 0 aliphatic rings. The van der Waals surface area contributed by atoms with Gasteiger partial charge in [0.1, 0.15) is 12.4 Å². The molecular formula is C16H16BrNO3. The molecule has 21 heavy (non-hydrogen) atoms. The molecule has 0 unspecified atom stereocenters. The molecule has 0 atom stereocenters. The lowest BCUT2D eigenvalue weighted by Crippen LogP contribution is -2.00. The second-order valence-electron chi connectivity index (χ2n) is 5.04. The first-order valence-electron chi connectivity index (χ1n) is 6.52. The van der Waals surface area contributed by atoms with Gasteiger partial charge in [-0.05, 0) is 71.1 Å². The maximum absolute atomic E-state index is 10.9. The molecule has 0 radical (unpaired) electrons.